The van der Waals surface area contributed by atoms with Gasteiger partial charge in [-0.3, -0.25) is 4.79 Å². The molecule has 112 valence electrons. The first kappa shape index (κ1) is 13.8. The number of halogens is 1. The van der Waals surface area contributed by atoms with E-state index in [1.54, 1.807) is 53.6 Å². The Morgan fingerprint density at radius 3 is 2.78 bits per heavy atom. The molecule has 0 unspecified atom stereocenters. The first-order valence-corrected chi connectivity index (χ1v) is 7.58. The van der Waals surface area contributed by atoms with E-state index in [2.05, 4.69) is 31.0 Å². The Kier molecular flexibility index (Phi) is 3.27. The fourth-order valence-electron chi connectivity index (χ4n) is 2.34. The summed E-state index contributed by atoms with van der Waals surface area (Å²) in [4.78, 5) is 20.8. The first-order chi connectivity index (χ1) is 11.2. The average Bonchev–Trinajstić information content (AvgIpc) is 3.09. The van der Waals surface area contributed by atoms with Gasteiger partial charge >= 0.3 is 0 Å². The van der Waals surface area contributed by atoms with Crippen molar-refractivity contribution < 1.29 is 4.42 Å². The van der Waals surface area contributed by atoms with E-state index in [0.717, 1.165) is 0 Å². The van der Waals surface area contributed by atoms with Crippen molar-refractivity contribution in [1.82, 2.24) is 19.7 Å². The molecule has 3 aromatic heterocycles. The van der Waals surface area contributed by atoms with E-state index in [-0.39, 0.29) is 11.4 Å². The lowest BCUT2D eigenvalue weighted by Crippen LogP contribution is -2.11. The smallest absolute Gasteiger partial charge is 0.286 e. The van der Waals surface area contributed by atoms with Gasteiger partial charge in [0.15, 0.2) is 0 Å². The normalized spacial score (nSPS) is 11.0. The number of hydrogen-bond donors (Lipinski definition) is 0. The van der Waals surface area contributed by atoms with Gasteiger partial charge in [0.1, 0.15) is 16.7 Å². The molecule has 0 amide bonds. The molecule has 6 nitrogen and oxygen atoms in total. The predicted molar refractivity (Wildman–Crippen MR) is 88.3 cm³/mol. The zero-order chi connectivity index (χ0) is 15.8. The Balaban J connectivity index is 2.01. The third-order valence-corrected chi connectivity index (χ3v) is 3.98. The summed E-state index contributed by atoms with van der Waals surface area (Å²) in [5.41, 5.74) is 1.16. The van der Waals surface area contributed by atoms with E-state index < -0.39 is 0 Å². The van der Waals surface area contributed by atoms with Crippen LogP contribution in [0.25, 0.3) is 28.2 Å². The van der Waals surface area contributed by atoms with Crippen LogP contribution in [0, 0.1) is 0 Å². The Labute approximate surface area is 138 Å². The van der Waals surface area contributed by atoms with Crippen molar-refractivity contribution in [2.45, 2.75) is 0 Å². The molecule has 0 bridgehead atoms. The maximum Gasteiger partial charge on any atom is 0.286 e. The maximum atomic E-state index is 12.5. The van der Waals surface area contributed by atoms with Crippen LogP contribution in [-0.4, -0.2) is 19.7 Å². The Hall–Kier alpha value is -2.80. The summed E-state index contributed by atoms with van der Waals surface area (Å²) in [5.74, 6) is 0.174. The van der Waals surface area contributed by atoms with Crippen LogP contribution < -0.4 is 5.56 Å². The lowest BCUT2D eigenvalue weighted by molar-refractivity contribution is 0.591. The highest BCUT2D eigenvalue weighted by molar-refractivity contribution is 9.10. The molecule has 0 radical (unpaired) electrons. The van der Waals surface area contributed by atoms with E-state index in [9.17, 15) is 4.79 Å². The van der Waals surface area contributed by atoms with Gasteiger partial charge in [-0.2, -0.15) is 10.1 Å². The molecule has 0 aliphatic heterocycles. The Morgan fingerprint density at radius 1 is 1.09 bits per heavy atom. The van der Waals surface area contributed by atoms with Crippen molar-refractivity contribution in [1.29, 1.82) is 0 Å². The molecule has 3 heterocycles. The zero-order valence-electron chi connectivity index (χ0n) is 11.7. The predicted octanol–water partition coefficient (Wildman–Crippen LogP) is 3.20. The van der Waals surface area contributed by atoms with Crippen LogP contribution in [0.15, 0.2) is 68.7 Å². The van der Waals surface area contributed by atoms with Crippen LogP contribution in [0.2, 0.25) is 0 Å². The van der Waals surface area contributed by atoms with Crippen LogP contribution in [0.4, 0.5) is 0 Å². The second-order valence-corrected chi connectivity index (χ2v) is 5.61. The molecule has 23 heavy (non-hydrogen) atoms. The third-order valence-electron chi connectivity index (χ3n) is 3.34. The fourth-order valence-corrected chi connectivity index (χ4v) is 2.77. The number of nitrogens with zero attached hydrogens (tertiary/aromatic N) is 4. The summed E-state index contributed by atoms with van der Waals surface area (Å²) in [6, 6.07) is 10.7. The standard InChI is InChI=1S/C16H9BrN4O2/c17-10-4-2-7-18-14(10)16-20-15(22)13-11(21-9-3-8-19-21)5-1-6-12(13)23-16/h1-9H. The number of hydrogen-bond acceptors (Lipinski definition) is 5. The van der Waals surface area contributed by atoms with Gasteiger partial charge < -0.3 is 4.42 Å². The third kappa shape index (κ3) is 2.35. The van der Waals surface area contributed by atoms with E-state index in [4.69, 9.17) is 4.42 Å². The summed E-state index contributed by atoms with van der Waals surface area (Å²) in [5, 5.41) is 4.54. The van der Waals surface area contributed by atoms with E-state index in [1.165, 1.54) is 0 Å². The van der Waals surface area contributed by atoms with Gasteiger partial charge in [-0.1, -0.05) is 6.07 Å². The molecule has 0 aliphatic carbocycles. The number of fused-ring (bicyclic) bond motifs is 1. The molecule has 4 rings (SSSR count). The molecule has 0 saturated heterocycles. The van der Waals surface area contributed by atoms with Crippen molar-refractivity contribution in [3.8, 4) is 17.3 Å². The fraction of sp³-hybridized carbons (Fsp3) is 0. The van der Waals surface area contributed by atoms with Gasteiger partial charge in [-0.25, -0.2) is 9.67 Å². The molecule has 0 saturated carbocycles. The SMILES string of the molecule is O=c1nc(-c2ncccc2Br)oc2cccc(-n3cccn3)c12. The van der Waals surface area contributed by atoms with Crippen molar-refractivity contribution in [2.75, 3.05) is 0 Å². The first-order valence-electron chi connectivity index (χ1n) is 6.79. The lowest BCUT2D eigenvalue weighted by atomic mass is 10.2. The summed E-state index contributed by atoms with van der Waals surface area (Å²) in [7, 11) is 0. The van der Waals surface area contributed by atoms with Crippen LogP contribution in [-0.2, 0) is 0 Å². The van der Waals surface area contributed by atoms with Gasteiger partial charge in [0.25, 0.3) is 5.56 Å². The van der Waals surface area contributed by atoms with Crippen molar-refractivity contribution in [2.24, 2.45) is 0 Å². The van der Waals surface area contributed by atoms with Crippen LogP contribution in [0.5, 0.6) is 0 Å². The van der Waals surface area contributed by atoms with E-state index in [1.807, 2.05) is 6.07 Å². The highest BCUT2D eigenvalue weighted by Crippen LogP contribution is 2.26. The minimum Gasteiger partial charge on any atom is -0.436 e. The minimum absolute atomic E-state index is 0.174. The van der Waals surface area contributed by atoms with Gasteiger partial charge in [-0.05, 0) is 46.3 Å². The molecule has 0 N–H and O–H groups in total. The number of pyridine rings is 1. The van der Waals surface area contributed by atoms with Gasteiger partial charge in [0.2, 0.25) is 5.89 Å². The molecule has 0 spiro atoms. The van der Waals surface area contributed by atoms with Crippen molar-refractivity contribution >= 4 is 26.9 Å². The second-order valence-electron chi connectivity index (χ2n) is 4.76. The quantitative estimate of drug-likeness (QED) is 0.543. The highest BCUT2D eigenvalue weighted by Gasteiger charge is 2.15. The molecule has 7 heteroatoms. The topological polar surface area (TPSA) is 73.8 Å². The summed E-state index contributed by atoms with van der Waals surface area (Å²) < 4.78 is 8.12. The molecular weight excluding hydrogens is 360 g/mol. The second kappa shape index (κ2) is 5.44. The summed E-state index contributed by atoms with van der Waals surface area (Å²) >= 11 is 3.39. The summed E-state index contributed by atoms with van der Waals surface area (Å²) in [6.45, 7) is 0. The van der Waals surface area contributed by atoms with Gasteiger partial charge in [-0.15, -0.1) is 0 Å². The van der Waals surface area contributed by atoms with Crippen LogP contribution >= 0.6 is 15.9 Å². The highest BCUT2D eigenvalue weighted by atomic mass is 79.9. The van der Waals surface area contributed by atoms with Gasteiger partial charge in [0.05, 0.1) is 5.69 Å². The summed E-state index contributed by atoms with van der Waals surface area (Å²) in [6.07, 6.45) is 5.02. The average molecular weight is 369 g/mol. The van der Waals surface area contributed by atoms with Gasteiger partial charge in [0, 0.05) is 23.1 Å². The van der Waals surface area contributed by atoms with Crippen molar-refractivity contribution in [3.63, 3.8) is 0 Å². The van der Waals surface area contributed by atoms with Crippen LogP contribution in [0.3, 0.4) is 0 Å². The largest absolute Gasteiger partial charge is 0.436 e. The number of benzene rings is 1. The molecule has 1 aromatic carbocycles. The molecule has 4 aromatic rings. The zero-order valence-corrected chi connectivity index (χ0v) is 13.3. The van der Waals surface area contributed by atoms with E-state index >= 15 is 0 Å². The molecular formula is C16H9BrN4O2. The molecule has 0 fully saturated rings. The molecule has 0 aliphatic rings. The molecule has 0 atom stereocenters. The maximum absolute atomic E-state index is 12.5. The lowest BCUT2D eigenvalue weighted by Gasteiger charge is -2.07. The monoisotopic (exact) mass is 368 g/mol. The van der Waals surface area contributed by atoms with Crippen LogP contribution in [0.1, 0.15) is 0 Å². The van der Waals surface area contributed by atoms with E-state index in [0.29, 0.717) is 26.8 Å². The Morgan fingerprint density at radius 2 is 2.00 bits per heavy atom. The minimum atomic E-state index is -0.384. The van der Waals surface area contributed by atoms with Crippen molar-refractivity contribution in [3.05, 3.63) is 69.8 Å². The Bertz CT molecular complexity index is 1060. The number of rotatable bonds is 2. The number of aromatic nitrogens is 4.